The van der Waals surface area contributed by atoms with E-state index in [0.717, 1.165) is 25.6 Å². The Balaban J connectivity index is 0.00000361. The number of amides is 1. The fourth-order valence-electron chi connectivity index (χ4n) is 2.66. The second kappa shape index (κ2) is 10.2. The van der Waals surface area contributed by atoms with Gasteiger partial charge in [0, 0.05) is 26.2 Å². The summed E-state index contributed by atoms with van der Waals surface area (Å²) in [6.07, 6.45) is 1.27. The quantitative estimate of drug-likeness (QED) is 0.432. The van der Waals surface area contributed by atoms with Crippen LogP contribution in [0.15, 0.2) is 4.99 Å². The van der Waals surface area contributed by atoms with Crippen molar-refractivity contribution in [1.82, 2.24) is 15.5 Å². The fraction of sp³-hybridized carbons (Fsp3) is 0.857. The molecule has 1 aliphatic rings. The third-order valence-electron chi connectivity index (χ3n) is 3.25. The first-order valence-electron chi connectivity index (χ1n) is 7.36. The average molecular weight is 396 g/mol. The molecule has 1 saturated heterocycles. The normalized spacial score (nSPS) is 23.0. The molecule has 0 aliphatic carbocycles. The Bertz CT molecular complexity index is 312. The summed E-state index contributed by atoms with van der Waals surface area (Å²) in [5.74, 6) is 2.21. The number of likely N-dealkylation sites (tertiary alicyclic amines) is 1. The molecule has 1 amide bonds. The van der Waals surface area contributed by atoms with E-state index >= 15 is 0 Å². The minimum atomic E-state index is -0.0176. The van der Waals surface area contributed by atoms with Crippen LogP contribution in [0.1, 0.15) is 34.1 Å². The molecule has 118 valence electrons. The molecular weight excluding hydrogens is 367 g/mol. The molecule has 20 heavy (non-hydrogen) atoms. The highest BCUT2D eigenvalue weighted by molar-refractivity contribution is 14.0. The topological polar surface area (TPSA) is 56.7 Å². The van der Waals surface area contributed by atoms with Crippen LogP contribution in [0.4, 0.5) is 0 Å². The summed E-state index contributed by atoms with van der Waals surface area (Å²) in [6.45, 7) is 12.2. The number of hydrogen-bond acceptors (Lipinski definition) is 2. The van der Waals surface area contributed by atoms with E-state index in [2.05, 4.69) is 41.3 Å². The van der Waals surface area contributed by atoms with Crippen molar-refractivity contribution in [1.29, 1.82) is 0 Å². The van der Waals surface area contributed by atoms with Crippen molar-refractivity contribution in [3.63, 3.8) is 0 Å². The molecule has 1 aliphatic heterocycles. The molecule has 0 aromatic heterocycles. The van der Waals surface area contributed by atoms with Crippen molar-refractivity contribution < 1.29 is 4.79 Å². The minimum absolute atomic E-state index is 0. The predicted molar refractivity (Wildman–Crippen MR) is 94.6 cm³/mol. The van der Waals surface area contributed by atoms with E-state index in [0.29, 0.717) is 18.4 Å². The van der Waals surface area contributed by atoms with Gasteiger partial charge in [-0.3, -0.25) is 4.79 Å². The first-order valence-corrected chi connectivity index (χ1v) is 7.36. The Labute approximate surface area is 140 Å². The maximum atomic E-state index is 11.5. The van der Waals surface area contributed by atoms with Crippen molar-refractivity contribution in [2.75, 3.05) is 32.7 Å². The zero-order valence-corrected chi connectivity index (χ0v) is 15.4. The molecule has 2 unspecified atom stereocenters. The number of piperidine rings is 1. The van der Waals surface area contributed by atoms with Gasteiger partial charge in [-0.05, 0) is 32.1 Å². The number of guanidine groups is 1. The first-order chi connectivity index (χ1) is 9.06. The SMILES string of the molecule is CCNC(=O)CN=C(NCC)N1CC(C)CC(C)C1.I. The highest BCUT2D eigenvalue weighted by Crippen LogP contribution is 2.20. The summed E-state index contributed by atoms with van der Waals surface area (Å²) in [5.41, 5.74) is 0. The summed E-state index contributed by atoms with van der Waals surface area (Å²) in [5, 5.41) is 6.06. The lowest BCUT2D eigenvalue weighted by molar-refractivity contribution is -0.119. The lowest BCUT2D eigenvalue weighted by Gasteiger charge is -2.37. The third kappa shape index (κ3) is 6.76. The molecule has 2 atom stereocenters. The summed E-state index contributed by atoms with van der Waals surface area (Å²) in [6, 6.07) is 0. The van der Waals surface area contributed by atoms with Gasteiger partial charge in [0.2, 0.25) is 5.91 Å². The summed E-state index contributed by atoms with van der Waals surface area (Å²) < 4.78 is 0. The molecule has 6 heteroatoms. The molecule has 1 rings (SSSR count). The molecule has 0 saturated carbocycles. The molecule has 1 fully saturated rings. The average Bonchev–Trinajstić information content (AvgIpc) is 2.33. The van der Waals surface area contributed by atoms with Gasteiger partial charge in [-0.25, -0.2) is 4.99 Å². The number of likely N-dealkylation sites (N-methyl/N-ethyl adjacent to an activating group) is 1. The van der Waals surface area contributed by atoms with Crippen LogP contribution in [-0.4, -0.2) is 49.5 Å². The molecule has 0 radical (unpaired) electrons. The van der Waals surface area contributed by atoms with E-state index in [-0.39, 0.29) is 36.4 Å². The standard InChI is InChI=1S/C14H28N4O.HI/c1-5-15-13(19)8-17-14(16-6-2)18-9-11(3)7-12(4)10-18;/h11-12H,5-10H2,1-4H3,(H,15,19)(H,16,17);1H. The summed E-state index contributed by atoms with van der Waals surface area (Å²) >= 11 is 0. The van der Waals surface area contributed by atoms with Crippen molar-refractivity contribution in [3.8, 4) is 0 Å². The Morgan fingerprint density at radius 1 is 1.15 bits per heavy atom. The van der Waals surface area contributed by atoms with Crippen LogP contribution in [0.2, 0.25) is 0 Å². The largest absolute Gasteiger partial charge is 0.357 e. The van der Waals surface area contributed by atoms with Gasteiger partial charge in [0.05, 0.1) is 0 Å². The van der Waals surface area contributed by atoms with Gasteiger partial charge in [0.15, 0.2) is 5.96 Å². The summed E-state index contributed by atoms with van der Waals surface area (Å²) in [4.78, 5) is 18.2. The lowest BCUT2D eigenvalue weighted by Crippen LogP contribution is -2.48. The molecule has 0 spiro atoms. The first kappa shape index (κ1) is 19.5. The molecule has 0 aromatic carbocycles. The number of carbonyl (C=O) groups is 1. The number of halogens is 1. The molecule has 0 bridgehead atoms. The third-order valence-corrected chi connectivity index (χ3v) is 3.25. The number of hydrogen-bond donors (Lipinski definition) is 2. The van der Waals surface area contributed by atoms with E-state index in [1.54, 1.807) is 0 Å². The fourth-order valence-corrected chi connectivity index (χ4v) is 2.66. The van der Waals surface area contributed by atoms with E-state index in [4.69, 9.17) is 0 Å². The smallest absolute Gasteiger partial charge is 0.241 e. The predicted octanol–water partition coefficient (Wildman–Crippen LogP) is 1.68. The van der Waals surface area contributed by atoms with E-state index in [1.807, 2.05) is 6.92 Å². The number of aliphatic imine (C=N–C) groups is 1. The van der Waals surface area contributed by atoms with E-state index in [9.17, 15) is 4.79 Å². The summed E-state index contributed by atoms with van der Waals surface area (Å²) in [7, 11) is 0. The van der Waals surface area contributed by atoms with Crippen molar-refractivity contribution >= 4 is 35.8 Å². The minimum Gasteiger partial charge on any atom is -0.357 e. The Kier molecular flexibility index (Phi) is 9.96. The molecular formula is C14H29IN4O. The number of nitrogens with zero attached hydrogens (tertiary/aromatic N) is 2. The van der Waals surface area contributed by atoms with Crippen LogP contribution in [0.3, 0.4) is 0 Å². The lowest BCUT2D eigenvalue weighted by atomic mass is 9.92. The zero-order valence-electron chi connectivity index (χ0n) is 13.1. The zero-order chi connectivity index (χ0) is 14.3. The van der Waals surface area contributed by atoms with Gasteiger partial charge in [0.1, 0.15) is 6.54 Å². The monoisotopic (exact) mass is 396 g/mol. The van der Waals surface area contributed by atoms with Crippen LogP contribution < -0.4 is 10.6 Å². The van der Waals surface area contributed by atoms with Crippen molar-refractivity contribution in [3.05, 3.63) is 0 Å². The van der Waals surface area contributed by atoms with Gasteiger partial charge in [0.25, 0.3) is 0 Å². The van der Waals surface area contributed by atoms with Crippen LogP contribution in [0, 0.1) is 11.8 Å². The Morgan fingerprint density at radius 2 is 1.70 bits per heavy atom. The van der Waals surface area contributed by atoms with Crippen molar-refractivity contribution in [2.24, 2.45) is 16.8 Å². The second-order valence-electron chi connectivity index (χ2n) is 5.47. The van der Waals surface area contributed by atoms with E-state index < -0.39 is 0 Å². The Hall–Kier alpha value is -0.530. The molecule has 5 nitrogen and oxygen atoms in total. The van der Waals surface area contributed by atoms with Gasteiger partial charge in [-0.2, -0.15) is 0 Å². The van der Waals surface area contributed by atoms with Gasteiger partial charge in [-0.1, -0.05) is 13.8 Å². The highest BCUT2D eigenvalue weighted by atomic mass is 127. The number of nitrogens with one attached hydrogen (secondary N) is 2. The van der Waals surface area contributed by atoms with Gasteiger partial charge in [-0.15, -0.1) is 24.0 Å². The molecule has 0 aromatic rings. The van der Waals surface area contributed by atoms with Gasteiger partial charge >= 0.3 is 0 Å². The number of carbonyl (C=O) groups excluding carboxylic acids is 1. The number of rotatable bonds is 4. The highest BCUT2D eigenvalue weighted by Gasteiger charge is 2.24. The Morgan fingerprint density at radius 3 is 2.20 bits per heavy atom. The molecule has 1 heterocycles. The van der Waals surface area contributed by atoms with Crippen molar-refractivity contribution in [2.45, 2.75) is 34.1 Å². The van der Waals surface area contributed by atoms with Gasteiger partial charge < -0.3 is 15.5 Å². The maximum Gasteiger partial charge on any atom is 0.241 e. The van der Waals surface area contributed by atoms with Crippen LogP contribution in [0.5, 0.6) is 0 Å². The van der Waals surface area contributed by atoms with Crippen LogP contribution >= 0.6 is 24.0 Å². The van der Waals surface area contributed by atoms with Crippen LogP contribution in [0.25, 0.3) is 0 Å². The van der Waals surface area contributed by atoms with Crippen LogP contribution in [-0.2, 0) is 4.79 Å². The maximum absolute atomic E-state index is 11.5. The second-order valence-corrected chi connectivity index (χ2v) is 5.47. The van der Waals surface area contributed by atoms with E-state index in [1.165, 1.54) is 6.42 Å². The molecule has 2 N–H and O–H groups in total.